The standard InChI is InChI=1S/C8H14O/c1-7(2)4-5-8(3)6-9/h5-7H,4H2,1-3H3/b8-5+. The van der Waals surface area contributed by atoms with E-state index in [1.54, 1.807) is 0 Å². The molecule has 0 radical (unpaired) electrons. The molecular weight excluding hydrogens is 112 g/mol. The quantitative estimate of drug-likeness (QED) is 0.418. The highest BCUT2D eigenvalue weighted by Gasteiger charge is 1.89. The highest BCUT2D eigenvalue weighted by molar-refractivity contribution is 5.71. The summed E-state index contributed by atoms with van der Waals surface area (Å²) >= 11 is 0. The van der Waals surface area contributed by atoms with Crippen molar-refractivity contribution in [2.24, 2.45) is 5.92 Å². The van der Waals surface area contributed by atoms with Gasteiger partial charge < -0.3 is 0 Å². The summed E-state index contributed by atoms with van der Waals surface area (Å²) in [5.74, 6) is 0.653. The van der Waals surface area contributed by atoms with Gasteiger partial charge in [-0.2, -0.15) is 0 Å². The number of carbonyl (C=O) groups is 1. The monoisotopic (exact) mass is 126 g/mol. The molecule has 0 bridgehead atoms. The normalized spacial score (nSPS) is 12.2. The minimum absolute atomic E-state index is 0.653. The average Bonchev–Trinajstić information content (AvgIpc) is 1.83. The van der Waals surface area contributed by atoms with Crippen LogP contribution in [0.1, 0.15) is 27.2 Å². The van der Waals surface area contributed by atoms with Crippen molar-refractivity contribution in [1.82, 2.24) is 0 Å². The zero-order valence-corrected chi connectivity index (χ0v) is 6.35. The molecule has 0 atom stereocenters. The SMILES string of the molecule is C/C(C=O)=C\CC(C)C. The maximum atomic E-state index is 10.0. The van der Waals surface area contributed by atoms with E-state index in [-0.39, 0.29) is 0 Å². The Labute approximate surface area is 56.8 Å². The lowest BCUT2D eigenvalue weighted by Crippen LogP contribution is -1.84. The molecule has 9 heavy (non-hydrogen) atoms. The molecule has 0 spiro atoms. The van der Waals surface area contributed by atoms with Gasteiger partial charge in [0.25, 0.3) is 0 Å². The zero-order chi connectivity index (χ0) is 7.28. The van der Waals surface area contributed by atoms with E-state index in [1.165, 1.54) is 0 Å². The molecule has 1 nitrogen and oxygen atoms in total. The molecule has 0 rings (SSSR count). The van der Waals surface area contributed by atoms with Crippen molar-refractivity contribution in [2.75, 3.05) is 0 Å². The molecule has 0 aromatic heterocycles. The van der Waals surface area contributed by atoms with Crippen LogP contribution in [0.15, 0.2) is 11.6 Å². The van der Waals surface area contributed by atoms with Crippen LogP contribution in [0.2, 0.25) is 0 Å². The number of rotatable bonds is 3. The molecular formula is C8H14O. The van der Waals surface area contributed by atoms with Crippen LogP contribution in [-0.2, 0) is 4.79 Å². The second kappa shape index (κ2) is 4.30. The predicted molar refractivity (Wildman–Crippen MR) is 39.3 cm³/mol. The smallest absolute Gasteiger partial charge is 0.145 e. The van der Waals surface area contributed by atoms with Crippen molar-refractivity contribution in [3.05, 3.63) is 11.6 Å². The third-order valence-corrected chi connectivity index (χ3v) is 1.10. The van der Waals surface area contributed by atoms with Crippen molar-refractivity contribution in [2.45, 2.75) is 27.2 Å². The molecule has 0 aliphatic carbocycles. The fraction of sp³-hybridized carbons (Fsp3) is 0.625. The van der Waals surface area contributed by atoms with E-state index in [9.17, 15) is 4.79 Å². The van der Waals surface area contributed by atoms with Crippen molar-refractivity contribution >= 4 is 6.29 Å². The van der Waals surface area contributed by atoms with E-state index < -0.39 is 0 Å². The van der Waals surface area contributed by atoms with E-state index >= 15 is 0 Å². The molecule has 0 aliphatic heterocycles. The Bertz CT molecular complexity index is 112. The van der Waals surface area contributed by atoms with E-state index in [0.717, 1.165) is 18.3 Å². The molecule has 52 valence electrons. The van der Waals surface area contributed by atoms with Gasteiger partial charge in [0, 0.05) is 0 Å². The Balaban J connectivity index is 3.56. The Morgan fingerprint density at radius 3 is 2.44 bits per heavy atom. The maximum absolute atomic E-state index is 10.0. The Morgan fingerprint density at radius 1 is 1.56 bits per heavy atom. The topological polar surface area (TPSA) is 17.1 Å². The Kier molecular flexibility index (Phi) is 4.02. The van der Waals surface area contributed by atoms with Gasteiger partial charge in [-0.05, 0) is 24.8 Å². The number of allylic oxidation sites excluding steroid dienone is 2. The Hall–Kier alpha value is -0.590. The van der Waals surface area contributed by atoms with Crippen LogP contribution in [0.25, 0.3) is 0 Å². The lowest BCUT2D eigenvalue weighted by Gasteiger charge is -1.96. The fourth-order valence-corrected chi connectivity index (χ4v) is 0.470. The van der Waals surface area contributed by atoms with Gasteiger partial charge in [-0.1, -0.05) is 19.9 Å². The summed E-state index contributed by atoms with van der Waals surface area (Å²) in [6.07, 6.45) is 3.87. The number of carbonyl (C=O) groups excluding carboxylic acids is 1. The third kappa shape index (κ3) is 5.28. The number of hydrogen-bond acceptors (Lipinski definition) is 1. The van der Waals surface area contributed by atoms with Gasteiger partial charge in [0.05, 0.1) is 0 Å². The van der Waals surface area contributed by atoms with Gasteiger partial charge in [-0.3, -0.25) is 4.79 Å². The largest absolute Gasteiger partial charge is 0.298 e. The molecule has 0 aliphatic rings. The summed E-state index contributed by atoms with van der Waals surface area (Å²) in [5.41, 5.74) is 0.837. The van der Waals surface area contributed by atoms with Crippen LogP contribution in [-0.4, -0.2) is 6.29 Å². The van der Waals surface area contributed by atoms with Crippen molar-refractivity contribution < 1.29 is 4.79 Å². The molecule has 1 heteroatoms. The van der Waals surface area contributed by atoms with E-state index in [0.29, 0.717) is 5.92 Å². The molecule has 0 unspecified atom stereocenters. The van der Waals surface area contributed by atoms with Crippen molar-refractivity contribution in [3.63, 3.8) is 0 Å². The van der Waals surface area contributed by atoms with Gasteiger partial charge in [0.15, 0.2) is 0 Å². The molecule has 0 aromatic carbocycles. The molecule has 0 aromatic rings. The first-order chi connectivity index (χ1) is 4.16. The number of hydrogen-bond donors (Lipinski definition) is 0. The van der Waals surface area contributed by atoms with Crippen molar-refractivity contribution in [3.8, 4) is 0 Å². The zero-order valence-electron chi connectivity index (χ0n) is 6.35. The van der Waals surface area contributed by atoms with Gasteiger partial charge in [-0.25, -0.2) is 0 Å². The first-order valence-corrected chi connectivity index (χ1v) is 3.28. The molecule has 0 amide bonds. The highest BCUT2D eigenvalue weighted by atomic mass is 16.1. The van der Waals surface area contributed by atoms with E-state index in [2.05, 4.69) is 13.8 Å². The molecule has 0 fully saturated rings. The predicted octanol–water partition coefficient (Wildman–Crippen LogP) is 2.18. The van der Waals surface area contributed by atoms with Crippen LogP contribution < -0.4 is 0 Å². The van der Waals surface area contributed by atoms with Gasteiger partial charge in [-0.15, -0.1) is 0 Å². The average molecular weight is 126 g/mol. The summed E-state index contributed by atoms with van der Waals surface area (Å²) in [4.78, 5) is 10.0. The minimum Gasteiger partial charge on any atom is -0.298 e. The van der Waals surface area contributed by atoms with Crippen LogP contribution in [0.4, 0.5) is 0 Å². The number of aldehydes is 1. The summed E-state index contributed by atoms with van der Waals surface area (Å²) in [5, 5.41) is 0. The summed E-state index contributed by atoms with van der Waals surface area (Å²) < 4.78 is 0. The van der Waals surface area contributed by atoms with Crippen LogP contribution in [0, 0.1) is 5.92 Å². The molecule has 0 heterocycles. The van der Waals surface area contributed by atoms with Gasteiger partial charge in [0.2, 0.25) is 0 Å². The second-order valence-corrected chi connectivity index (χ2v) is 2.70. The van der Waals surface area contributed by atoms with Crippen LogP contribution >= 0.6 is 0 Å². The Morgan fingerprint density at radius 2 is 2.11 bits per heavy atom. The summed E-state index contributed by atoms with van der Waals surface area (Å²) in [7, 11) is 0. The molecule has 0 saturated heterocycles. The summed E-state index contributed by atoms with van der Waals surface area (Å²) in [6, 6.07) is 0. The highest BCUT2D eigenvalue weighted by Crippen LogP contribution is 2.01. The fourth-order valence-electron chi connectivity index (χ4n) is 0.470. The molecule has 0 saturated carbocycles. The minimum atomic E-state index is 0.653. The first-order valence-electron chi connectivity index (χ1n) is 3.28. The first kappa shape index (κ1) is 8.41. The second-order valence-electron chi connectivity index (χ2n) is 2.70. The van der Waals surface area contributed by atoms with E-state index in [4.69, 9.17) is 0 Å². The lowest BCUT2D eigenvalue weighted by atomic mass is 10.1. The van der Waals surface area contributed by atoms with Crippen LogP contribution in [0.5, 0.6) is 0 Å². The van der Waals surface area contributed by atoms with E-state index in [1.807, 2.05) is 13.0 Å². The molecule has 0 N–H and O–H groups in total. The van der Waals surface area contributed by atoms with Crippen molar-refractivity contribution in [1.29, 1.82) is 0 Å². The van der Waals surface area contributed by atoms with Gasteiger partial charge >= 0.3 is 0 Å². The third-order valence-electron chi connectivity index (χ3n) is 1.10. The van der Waals surface area contributed by atoms with Gasteiger partial charge in [0.1, 0.15) is 6.29 Å². The van der Waals surface area contributed by atoms with Crippen LogP contribution in [0.3, 0.4) is 0 Å². The lowest BCUT2D eigenvalue weighted by molar-refractivity contribution is -0.104. The summed E-state index contributed by atoms with van der Waals surface area (Å²) in [6.45, 7) is 6.10. The maximum Gasteiger partial charge on any atom is 0.145 e.